The molecule has 92 valence electrons. The molecule has 2 aliphatic heterocycles. The van der Waals surface area contributed by atoms with Crippen molar-refractivity contribution in [3.05, 3.63) is 0 Å². The number of nitrogens with zero attached hydrogens (tertiary/aromatic N) is 1. The second kappa shape index (κ2) is 4.72. The number of hydrogen-bond donors (Lipinski definition) is 1. The van der Waals surface area contributed by atoms with Gasteiger partial charge >= 0.3 is 0 Å². The highest BCUT2D eigenvalue weighted by atomic mass is 16.5. The van der Waals surface area contributed by atoms with Gasteiger partial charge in [-0.2, -0.15) is 0 Å². The number of carbonyl (C=O) groups is 1. The number of carbonyl (C=O) groups excluding carboxylic acids is 1. The van der Waals surface area contributed by atoms with Crippen LogP contribution >= 0.6 is 0 Å². The number of amides is 1. The Hall–Kier alpha value is -0.610. The van der Waals surface area contributed by atoms with E-state index in [0.717, 1.165) is 26.1 Å². The molecule has 0 spiro atoms. The van der Waals surface area contributed by atoms with E-state index in [2.05, 4.69) is 19.2 Å². The van der Waals surface area contributed by atoms with Crippen molar-refractivity contribution >= 4 is 5.91 Å². The quantitative estimate of drug-likeness (QED) is 0.779. The summed E-state index contributed by atoms with van der Waals surface area (Å²) in [5, 5.41) is 3.34. The van der Waals surface area contributed by atoms with Crippen LogP contribution in [0.4, 0.5) is 0 Å². The van der Waals surface area contributed by atoms with E-state index in [1.807, 2.05) is 11.8 Å². The van der Waals surface area contributed by atoms with Crippen molar-refractivity contribution in [3.8, 4) is 0 Å². The first-order chi connectivity index (χ1) is 7.65. The lowest BCUT2D eigenvalue weighted by molar-refractivity contribution is -0.132. The summed E-state index contributed by atoms with van der Waals surface area (Å²) >= 11 is 0. The van der Waals surface area contributed by atoms with Crippen LogP contribution in [0.5, 0.6) is 0 Å². The number of hydrogen-bond acceptors (Lipinski definition) is 3. The highest BCUT2D eigenvalue weighted by Crippen LogP contribution is 2.26. The van der Waals surface area contributed by atoms with Crippen molar-refractivity contribution in [1.29, 1.82) is 0 Å². The Morgan fingerprint density at radius 2 is 2.38 bits per heavy atom. The van der Waals surface area contributed by atoms with E-state index in [9.17, 15) is 4.79 Å². The van der Waals surface area contributed by atoms with Gasteiger partial charge in [-0.1, -0.05) is 6.92 Å². The predicted molar refractivity (Wildman–Crippen MR) is 61.9 cm³/mol. The lowest BCUT2D eigenvalue weighted by Gasteiger charge is -2.33. The van der Waals surface area contributed by atoms with Gasteiger partial charge in [0.1, 0.15) is 0 Å². The molecule has 0 saturated carbocycles. The van der Waals surface area contributed by atoms with Crippen molar-refractivity contribution in [3.63, 3.8) is 0 Å². The van der Waals surface area contributed by atoms with Crippen LogP contribution in [-0.4, -0.2) is 42.3 Å². The average molecular weight is 226 g/mol. The van der Waals surface area contributed by atoms with E-state index in [0.29, 0.717) is 5.92 Å². The van der Waals surface area contributed by atoms with Gasteiger partial charge in [0.05, 0.1) is 18.8 Å². The second-order valence-electron chi connectivity index (χ2n) is 4.92. The second-order valence-corrected chi connectivity index (χ2v) is 4.92. The zero-order chi connectivity index (χ0) is 11.7. The molecule has 4 heteroatoms. The van der Waals surface area contributed by atoms with Gasteiger partial charge in [0.15, 0.2) is 0 Å². The van der Waals surface area contributed by atoms with Gasteiger partial charge in [-0.3, -0.25) is 10.1 Å². The monoisotopic (exact) mass is 226 g/mol. The molecule has 2 rings (SSSR count). The summed E-state index contributed by atoms with van der Waals surface area (Å²) in [6, 6.07) is 0.257. The number of nitrogens with one attached hydrogen (secondary N) is 1. The molecular formula is C12H22N2O2. The molecular weight excluding hydrogens is 204 g/mol. The van der Waals surface area contributed by atoms with E-state index in [-0.39, 0.29) is 24.2 Å². The van der Waals surface area contributed by atoms with Crippen LogP contribution in [-0.2, 0) is 9.53 Å². The fraction of sp³-hybridized carbons (Fsp3) is 0.917. The van der Waals surface area contributed by atoms with Crippen LogP contribution < -0.4 is 5.32 Å². The molecule has 0 aliphatic carbocycles. The maximum absolute atomic E-state index is 12.1. The third-order valence-corrected chi connectivity index (χ3v) is 3.88. The third-order valence-electron chi connectivity index (χ3n) is 3.88. The largest absolute Gasteiger partial charge is 0.381 e. The average Bonchev–Trinajstić information content (AvgIpc) is 2.88. The minimum atomic E-state index is -0.0327. The van der Waals surface area contributed by atoms with Crippen molar-refractivity contribution < 1.29 is 9.53 Å². The van der Waals surface area contributed by atoms with Crippen LogP contribution in [0.3, 0.4) is 0 Å². The summed E-state index contributed by atoms with van der Waals surface area (Å²) in [6.45, 7) is 7.86. The van der Waals surface area contributed by atoms with Crippen molar-refractivity contribution in [2.24, 2.45) is 5.92 Å². The van der Waals surface area contributed by atoms with Crippen molar-refractivity contribution in [2.75, 3.05) is 13.2 Å². The molecule has 2 aliphatic rings. The summed E-state index contributed by atoms with van der Waals surface area (Å²) < 4.78 is 5.41. The minimum absolute atomic E-state index is 0.0327. The smallest absolute Gasteiger partial charge is 0.240 e. The summed E-state index contributed by atoms with van der Waals surface area (Å²) in [4.78, 5) is 14.1. The molecule has 1 N–H and O–H groups in total. The van der Waals surface area contributed by atoms with E-state index in [1.165, 1.54) is 0 Å². The van der Waals surface area contributed by atoms with Crippen LogP contribution in [0.1, 0.15) is 33.6 Å². The van der Waals surface area contributed by atoms with Gasteiger partial charge in [0.2, 0.25) is 5.91 Å². The maximum Gasteiger partial charge on any atom is 0.240 e. The fourth-order valence-corrected chi connectivity index (χ4v) is 2.78. The highest BCUT2D eigenvalue weighted by Gasteiger charge is 2.40. The molecule has 4 nitrogen and oxygen atoms in total. The van der Waals surface area contributed by atoms with E-state index in [4.69, 9.17) is 4.74 Å². The minimum Gasteiger partial charge on any atom is -0.381 e. The lowest BCUT2D eigenvalue weighted by atomic mass is 9.98. The zero-order valence-electron chi connectivity index (χ0n) is 10.4. The van der Waals surface area contributed by atoms with Crippen LogP contribution in [0.25, 0.3) is 0 Å². The summed E-state index contributed by atoms with van der Waals surface area (Å²) in [7, 11) is 0. The lowest BCUT2D eigenvalue weighted by Crippen LogP contribution is -2.46. The summed E-state index contributed by atoms with van der Waals surface area (Å²) in [5.41, 5.74) is 0. The van der Waals surface area contributed by atoms with Gasteiger partial charge in [0.25, 0.3) is 0 Å². The molecule has 0 aromatic rings. The van der Waals surface area contributed by atoms with Crippen molar-refractivity contribution in [2.45, 2.75) is 51.9 Å². The molecule has 4 atom stereocenters. The normalized spacial score (nSPS) is 37.1. The van der Waals surface area contributed by atoms with E-state index in [1.54, 1.807) is 0 Å². The van der Waals surface area contributed by atoms with E-state index >= 15 is 0 Å². The van der Waals surface area contributed by atoms with Crippen molar-refractivity contribution in [1.82, 2.24) is 10.2 Å². The molecule has 2 saturated heterocycles. The van der Waals surface area contributed by atoms with Gasteiger partial charge in [-0.05, 0) is 26.7 Å². The summed E-state index contributed by atoms with van der Waals surface area (Å²) in [6.07, 6.45) is 2.25. The van der Waals surface area contributed by atoms with Gasteiger partial charge in [0, 0.05) is 18.6 Å². The van der Waals surface area contributed by atoms with E-state index < -0.39 is 0 Å². The first-order valence-corrected chi connectivity index (χ1v) is 6.31. The molecule has 2 heterocycles. The molecule has 0 bridgehead atoms. The Balaban J connectivity index is 2.07. The van der Waals surface area contributed by atoms with Crippen LogP contribution in [0, 0.1) is 5.92 Å². The molecule has 4 unspecified atom stereocenters. The predicted octanol–water partition coefficient (Wildman–Crippen LogP) is 0.968. The standard InChI is InChI=1S/C12H22N2O2/c1-4-11-13-8(2)12(15)14(11)9(3)10-5-6-16-7-10/h8-11,13H,4-7H2,1-3H3. The van der Waals surface area contributed by atoms with Gasteiger partial charge < -0.3 is 9.64 Å². The highest BCUT2D eigenvalue weighted by molar-refractivity contribution is 5.84. The van der Waals surface area contributed by atoms with Gasteiger partial charge in [-0.25, -0.2) is 0 Å². The number of ether oxygens (including phenoxy) is 1. The molecule has 1 amide bonds. The third kappa shape index (κ3) is 1.96. The van der Waals surface area contributed by atoms with Gasteiger partial charge in [-0.15, -0.1) is 0 Å². The Bertz CT molecular complexity index is 264. The molecule has 16 heavy (non-hydrogen) atoms. The molecule has 2 fully saturated rings. The summed E-state index contributed by atoms with van der Waals surface area (Å²) in [5.74, 6) is 0.747. The Morgan fingerprint density at radius 1 is 1.62 bits per heavy atom. The maximum atomic E-state index is 12.1. The topological polar surface area (TPSA) is 41.6 Å². The first-order valence-electron chi connectivity index (χ1n) is 6.31. The Morgan fingerprint density at radius 3 is 2.94 bits per heavy atom. The number of rotatable bonds is 3. The molecule has 0 aromatic carbocycles. The molecule has 0 aromatic heterocycles. The van der Waals surface area contributed by atoms with Crippen LogP contribution in [0.2, 0.25) is 0 Å². The Kier molecular flexibility index (Phi) is 3.50. The zero-order valence-corrected chi connectivity index (χ0v) is 10.4. The Labute approximate surface area is 97.3 Å². The van der Waals surface area contributed by atoms with Crippen LogP contribution in [0.15, 0.2) is 0 Å². The SMILES string of the molecule is CCC1NC(C)C(=O)N1C(C)C1CCOC1. The molecule has 0 radical (unpaired) electrons. The first kappa shape index (κ1) is 11.9. The fourth-order valence-electron chi connectivity index (χ4n) is 2.78.